The Bertz CT molecular complexity index is 1180. The Morgan fingerprint density at radius 1 is 0.323 bits per heavy atom. The van der Waals surface area contributed by atoms with E-state index < -0.39 is 6.10 Å². The Kier molecular flexibility index (Phi) is 51.3. The van der Waals surface area contributed by atoms with E-state index in [1.54, 1.807) is 0 Å². The van der Waals surface area contributed by atoms with Crippen LogP contribution in [0.1, 0.15) is 278 Å². The molecule has 0 aromatic rings. The maximum atomic E-state index is 12.8. The normalized spacial score (nSPS) is 12.5. The summed E-state index contributed by atoms with van der Waals surface area (Å²) in [6, 6.07) is 0. The highest BCUT2D eigenvalue weighted by atomic mass is 16.6. The van der Waals surface area contributed by atoms with Gasteiger partial charge in [-0.2, -0.15) is 0 Å². The Morgan fingerprint density at radius 2 is 0.600 bits per heavy atom. The number of allylic oxidation sites excluding steroid dienone is 10. The van der Waals surface area contributed by atoms with Gasteiger partial charge in [-0.05, 0) is 83.5 Å². The maximum Gasteiger partial charge on any atom is 0.306 e. The number of hydrogen-bond donors (Lipinski definition) is 0. The Hall–Kier alpha value is -2.89. The van der Waals surface area contributed by atoms with Crippen LogP contribution in [0.2, 0.25) is 0 Å². The average Bonchev–Trinajstić information content (AvgIpc) is 3.30. The van der Waals surface area contributed by atoms with Crippen molar-refractivity contribution in [2.45, 2.75) is 284 Å². The van der Waals surface area contributed by atoms with Gasteiger partial charge < -0.3 is 14.2 Å². The quantitative estimate of drug-likeness (QED) is 0.0262. The first-order valence-electron chi connectivity index (χ1n) is 27.8. The molecular formula is C59H104O6. The fourth-order valence-corrected chi connectivity index (χ4v) is 7.84. The second-order valence-corrected chi connectivity index (χ2v) is 18.5. The van der Waals surface area contributed by atoms with Gasteiger partial charge in [0, 0.05) is 19.3 Å². The van der Waals surface area contributed by atoms with Crippen LogP contribution in [0.25, 0.3) is 0 Å². The van der Waals surface area contributed by atoms with Crippen molar-refractivity contribution < 1.29 is 28.6 Å². The zero-order chi connectivity index (χ0) is 47.2. The highest BCUT2D eigenvalue weighted by Gasteiger charge is 2.19. The lowest BCUT2D eigenvalue weighted by Crippen LogP contribution is -2.30. The lowest BCUT2D eigenvalue weighted by atomic mass is 10.0. The Labute approximate surface area is 402 Å². The van der Waals surface area contributed by atoms with Crippen LogP contribution < -0.4 is 0 Å². The van der Waals surface area contributed by atoms with Crippen LogP contribution >= 0.6 is 0 Å². The van der Waals surface area contributed by atoms with Gasteiger partial charge in [0.2, 0.25) is 0 Å². The molecule has 0 aromatic heterocycles. The molecule has 0 unspecified atom stereocenters. The van der Waals surface area contributed by atoms with Gasteiger partial charge in [0.25, 0.3) is 0 Å². The first-order valence-corrected chi connectivity index (χ1v) is 27.8. The monoisotopic (exact) mass is 909 g/mol. The van der Waals surface area contributed by atoms with Crippen LogP contribution in [0.5, 0.6) is 0 Å². The minimum absolute atomic E-state index is 0.0821. The lowest BCUT2D eigenvalue weighted by Gasteiger charge is -2.18. The topological polar surface area (TPSA) is 78.9 Å². The van der Waals surface area contributed by atoms with Crippen LogP contribution in [-0.4, -0.2) is 37.2 Å². The summed E-state index contributed by atoms with van der Waals surface area (Å²) in [7, 11) is 0. The molecule has 6 heteroatoms. The van der Waals surface area contributed by atoms with E-state index in [9.17, 15) is 14.4 Å². The number of esters is 3. The number of hydrogen-bond acceptors (Lipinski definition) is 6. The molecule has 0 saturated heterocycles. The van der Waals surface area contributed by atoms with E-state index in [2.05, 4.69) is 81.5 Å². The molecule has 0 N–H and O–H groups in total. The molecule has 65 heavy (non-hydrogen) atoms. The summed E-state index contributed by atoms with van der Waals surface area (Å²) >= 11 is 0. The molecular weight excluding hydrogens is 805 g/mol. The third-order valence-corrected chi connectivity index (χ3v) is 12.0. The molecule has 0 aromatic carbocycles. The van der Waals surface area contributed by atoms with Gasteiger partial charge in [0.15, 0.2) is 6.10 Å². The minimum Gasteiger partial charge on any atom is -0.462 e. The predicted molar refractivity (Wildman–Crippen MR) is 279 cm³/mol. The summed E-state index contributed by atoms with van der Waals surface area (Å²) in [4.78, 5) is 38.1. The Morgan fingerprint density at radius 3 is 0.969 bits per heavy atom. The number of ether oxygens (including phenoxy) is 3. The third-order valence-electron chi connectivity index (χ3n) is 12.0. The summed E-state index contributed by atoms with van der Waals surface area (Å²) in [5, 5.41) is 0. The van der Waals surface area contributed by atoms with Gasteiger partial charge in [-0.1, -0.05) is 236 Å². The first-order chi connectivity index (χ1) is 32.0. The van der Waals surface area contributed by atoms with E-state index >= 15 is 0 Å². The molecule has 0 saturated carbocycles. The van der Waals surface area contributed by atoms with Crippen molar-refractivity contribution in [1.82, 2.24) is 0 Å². The van der Waals surface area contributed by atoms with Gasteiger partial charge >= 0.3 is 17.9 Å². The number of unbranched alkanes of at least 4 members (excludes halogenated alkanes) is 29. The molecule has 0 radical (unpaired) electrons. The van der Waals surface area contributed by atoms with Crippen molar-refractivity contribution in [1.29, 1.82) is 0 Å². The van der Waals surface area contributed by atoms with Gasteiger partial charge in [-0.25, -0.2) is 0 Å². The van der Waals surface area contributed by atoms with Crippen molar-refractivity contribution in [2.75, 3.05) is 13.2 Å². The maximum absolute atomic E-state index is 12.8. The smallest absolute Gasteiger partial charge is 0.306 e. The van der Waals surface area contributed by atoms with Crippen LogP contribution in [0.4, 0.5) is 0 Å². The highest BCUT2D eigenvalue weighted by molar-refractivity contribution is 5.71. The summed E-state index contributed by atoms with van der Waals surface area (Å²) in [5.74, 6) is -0.900. The fraction of sp³-hybridized carbons (Fsp3) is 0.780. The molecule has 0 aliphatic heterocycles. The summed E-state index contributed by atoms with van der Waals surface area (Å²) in [5.41, 5.74) is 0. The molecule has 0 bridgehead atoms. The van der Waals surface area contributed by atoms with Gasteiger partial charge in [0.05, 0.1) is 0 Å². The van der Waals surface area contributed by atoms with Crippen LogP contribution in [0.3, 0.4) is 0 Å². The molecule has 0 rings (SSSR count). The van der Waals surface area contributed by atoms with Gasteiger partial charge in [-0.15, -0.1) is 0 Å². The van der Waals surface area contributed by atoms with Crippen molar-refractivity contribution in [2.24, 2.45) is 0 Å². The van der Waals surface area contributed by atoms with Gasteiger partial charge in [-0.3, -0.25) is 14.4 Å². The molecule has 0 fully saturated rings. The minimum atomic E-state index is -0.784. The van der Waals surface area contributed by atoms with Crippen molar-refractivity contribution in [3.63, 3.8) is 0 Å². The predicted octanol–water partition coefficient (Wildman–Crippen LogP) is 18.4. The molecule has 0 aliphatic rings. The second-order valence-electron chi connectivity index (χ2n) is 18.5. The van der Waals surface area contributed by atoms with E-state index in [-0.39, 0.29) is 31.1 Å². The second kappa shape index (κ2) is 53.7. The van der Waals surface area contributed by atoms with Crippen molar-refractivity contribution >= 4 is 17.9 Å². The highest BCUT2D eigenvalue weighted by Crippen LogP contribution is 2.16. The van der Waals surface area contributed by atoms with Gasteiger partial charge in [0.1, 0.15) is 13.2 Å². The van der Waals surface area contributed by atoms with E-state index in [0.29, 0.717) is 19.3 Å². The number of carbonyl (C=O) groups excluding carboxylic acids is 3. The molecule has 0 spiro atoms. The van der Waals surface area contributed by atoms with E-state index in [1.165, 1.54) is 141 Å². The molecule has 1 atom stereocenters. The van der Waals surface area contributed by atoms with Crippen LogP contribution in [-0.2, 0) is 28.6 Å². The standard InChI is InChI=1S/C59H104O6/c1-4-7-10-13-16-19-22-25-28-29-32-34-37-40-43-46-49-52-58(61)64-55-56(65-59(62)53-50-47-44-41-38-35-31-27-24-21-18-15-12-9-6-3)54-63-57(60)51-48-45-42-39-36-33-30-26-23-20-17-14-11-8-5-2/h7,10,16,19-20,23,25,28,32,34,56H,4-6,8-9,11-15,17-18,21-22,24,26-27,29-31,33,35-55H2,1-3H3/b10-7-,19-16-,23-20-,28-25-,34-32-/t56-/m0/s1. The van der Waals surface area contributed by atoms with Crippen LogP contribution in [0, 0.1) is 0 Å². The average molecular weight is 909 g/mol. The van der Waals surface area contributed by atoms with Crippen LogP contribution in [0.15, 0.2) is 60.8 Å². The van der Waals surface area contributed by atoms with Crippen molar-refractivity contribution in [3.8, 4) is 0 Å². The zero-order valence-electron chi connectivity index (χ0n) is 43.0. The van der Waals surface area contributed by atoms with Crippen molar-refractivity contribution in [3.05, 3.63) is 60.8 Å². The van der Waals surface area contributed by atoms with E-state index in [0.717, 1.165) is 96.3 Å². The summed E-state index contributed by atoms with van der Waals surface area (Å²) in [6.07, 6.45) is 66.3. The fourth-order valence-electron chi connectivity index (χ4n) is 7.84. The third kappa shape index (κ3) is 51.9. The zero-order valence-corrected chi connectivity index (χ0v) is 43.0. The number of rotatable bonds is 50. The summed E-state index contributed by atoms with van der Waals surface area (Å²) < 4.78 is 16.8. The largest absolute Gasteiger partial charge is 0.462 e. The molecule has 0 heterocycles. The Balaban J connectivity index is 4.41. The SMILES string of the molecule is CC/C=C\C/C=C\C/C=C\C/C=C\CCCCCCC(=O)OC[C@H](COC(=O)CCCCCCCCC/C=C\CCCCCC)OC(=O)CCCCCCCCCCCCCCCCC. The lowest BCUT2D eigenvalue weighted by molar-refractivity contribution is -0.167. The molecule has 0 amide bonds. The first kappa shape index (κ1) is 62.1. The van der Waals surface area contributed by atoms with E-state index in [4.69, 9.17) is 14.2 Å². The summed E-state index contributed by atoms with van der Waals surface area (Å²) in [6.45, 7) is 6.51. The molecule has 0 aliphatic carbocycles. The number of carbonyl (C=O) groups is 3. The van der Waals surface area contributed by atoms with E-state index in [1.807, 2.05) is 0 Å². The molecule has 376 valence electrons. The molecule has 6 nitrogen and oxygen atoms in total.